The monoisotopic (exact) mass is 294 g/mol. The predicted molar refractivity (Wildman–Crippen MR) is 82.2 cm³/mol. The lowest BCUT2D eigenvalue weighted by molar-refractivity contribution is 0.336. The number of nitrogens with zero attached hydrogens (tertiary/aromatic N) is 1. The molecular formula is C15H22N2O2S. The maximum Gasteiger partial charge on any atom is 0.177 e. The summed E-state index contributed by atoms with van der Waals surface area (Å²) in [6.45, 7) is 4.13. The molecule has 0 aliphatic carbocycles. The van der Waals surface area contributed by atoms with Crippen LogP contribution in [-0.4, -0.2) is 33.8 Å². The van der Waals surface area contributed by atoms with Crippen LogP contribution in [0.15, 0.2) is 23.1 Å². The van der Waals surface area contributed by atoms with Gasteiger partial charge in [0.15, 0.2) is 9.84 Å². The molecule has 2 heterocycles. The summed E-state index contributed by atoms with van der Waals surface area (Å²) in [5, 5.41) is 3.36. The Morgan fingerprint density at radius 3 is 2.90 bits per heavy atom. The van der Waals surface area contributed by atoms with Crippen molar-refractivity contribution in [1.82, 2.24) is 0 Å². The third-order valence-electron chi connectivity index (χ3n) is 4.63. The zero-order valence-electron chi connectivity index (χ0n) is 12.1. The molecule has 0 spiro atoms. The number of piperidine rings is 1. The van der Waals surface area contributed by atoms with E-state index in [1.165, 1.54) is 25.5 Å². The highest BCUT2D eigenvalue weighted by molar-refractivity contribution is 7.90. The van der Waals surface area contributed by atoms with Crippen LogP contribution in [0.5, 0.6) is 0 Å². The van der Waals surface area contributed by atoms with E-state index in [0.717, 1.165) is 30.4 Å². The van der Waals surface area contributed by atoms with Gasteiger partial charge in [-0.1, -0.05) is 19.4 Å². The van der Waals surface area contributed by atoms with Crippen molar-refractivity contribution < 1.29 is 8.42 Å². The maximum atomic E-state index is 11.9. The molecule has 1 fully saturated rings. The fourth-order valence-corrected chi connectivity index (χ4v) is 4.35. The first-order chi connectivity index (χ1) is 9.50. The van der Waals surface area contributed by atoms with Gasteiger partial charge >= 0.3 is 0 Å². The number of hydrogen-bond acceptors (Lipinski definition) is 4. The molecular weight excluding hydrogens is 272 g/mol. The van der Waals surface area contributed by atoms with E-state index in [9.17, 15) is 8.42 Å². The van der Waals surface area contributed by atoms with Crippen LogP contribution >= 0.6 is 0 Å². The first kappa shape index (κ1) is 13.7. The van der Waals surface area contributed by atoms with E-state index in [1.807, 2.05) is 12.1 Å². The average molecular weight is 294 g/mol. The minimum absolute atomic E-state index is 0.422. The largest absolute Gasteiger partial charge is 0.380 e. The Kier molecular flexibility index (Phi) is 3.40. The van der Waals surface area contributed by atoms with Crippen molar-refractivity contribution in [3.05, 3.63) is 18.2 Å². The molecule has 1 saturated heterocycles. The van der Waals surface area contributed by atoms with Crippen molar-refractivity contribution in [1.29, 1.82) is 0 Å². The van der Waals surface area contributed by atoms with E-state index < -0.39 is 9.84 Å². The molecule has 2 atom stereocenters. The van der Waals surface area contributed by atoms with Crippen LogP contribution in [-0.2, 0) is 9.84 Å². The van der Waals surface area contributed by atoms with Gasteiger partial charge in [0.1, 0.15) is 0 Å². The molecule has 20 heavy (non-hydrogen) atoms. The summed E-state index contributed by atoms with van der Waals surface area (Å²) < 4.78 is 23.8. The fourth-order valence-electron chi connectivity index (χ4n) is 3.48. The molecule has 0 radical (unpaired) electrons. The maximum absolute atomic E-state index is 11.9. The Balaban J connectivity index is 1.99. The normalized spacial score (nSPS) is 25.6. The molecule has 2 aliphatic rings. The Bertz CT molecular complexity index is 612. The van der Waals surface area contributed by atoms with Crippen LogP contribution in [0.25, 0.3) is 0 Å². The summed E-state index contributed by atoms with van der Waals surface area (Å²) in [6, 6.07) is 6.08. The van der Waals surface area contributed by atoms with Crippen LogP contribution in [0, 0.1) is 5.92 Å². The molecule has 3 rings (SSSR count). The lowest BCUT2D eigenvalue weighted by Gasteiger charge is -2.45. The number of para-hydroxylation sites is 1. The van der Waals surface area contributed by atoms with Crippen molar-refractivity contribution in [2.75, 3.05) is 29.6 Å². The second-order valence-corrected chi connectivity index (χ2v) is 7.93. The van der Waals surface area contributed by atoms with Crippen molar-refractivity contribution in [3.63, 3.8) is 0 Å². The Morgan fingerprint density at radius 1 is 1.40 bits per heavy atom. The van der Waals surface area contributed by atoms with Crippen molar-refractivity contribution in [3.8, 4) is 0 Å². The van der Waals surface area contributed by atoms with E-state index in [4.69, 9.17) is 0 Å². The smallest absolute Gasteiger partial charge is 0.177 e. The highest BCUT2D eigenvalue weighted by Gasteiger charge is 2.33. The summed E-state index contributed by atoms with van der Waals surface area (Å²) in [5.74, 6) is 0.803. The van der Waals surface area contributed by atoms with E-state index in [1.54, 1.807) is 6.07 Å². The van der Waals surface area contributed by atoms with E-state index in [0.29, 0.717) is 10.9 Å². The number of hydrogen-bond donors (Lipinski definition) is 1. The van der Waals surface area contributed by atoms with Crippen LogP contribution in [0.2, 0.25) is 0 Å². The van der Waals surface area contributed by atoms with Crippen LogP contribution in [0.3, 0.4) is 0 Å². The fraction of sp³-hybridized carbons (Fsp3) is 0.600. The van der Waals surface area contributed by atoms with E-state index >= 15 is 0 Å². The van der Waals surface area contributed by atoms with Gasteiger partial charge in [0.2, 0.25) is 0 Å². The zero-order chi connectivity index (χ0) is 14.3. The van der Waals surface area contributed by atoms with Gasteiger partial charge in [0.05, 0.1) is 16.3 Å². The molecule has 4 nitrogen and oxygen atoms in total. The lowest BCUT2D eigenvalue weighted by Crippen LogP contribution is -2.49. The predicted octanol–water partition coefficient (Wildman–Crippen LogP) is 2.51. The molecule has 0 saturated carbocycles. The molecule has 0 amide bonds. The summed E-state index contributed by atoms with van der Waals surface area (Å²) in [5.41, 5.74) is 1.85. The van der Waals surface area contributed by atoms with Crippen LogP contribution in [0.1, 0.15) is 26.2 Å². The van der Waals surface area contributed by atoms with Gasteiger partial charge in [-0.2, -0.15) is 0 Å². The van der Waals surface area contributed by atoms with Crippen molar-refractivity contribution >= 4 is 21.2 Å². The van der Waals surface area contributed by atoms with Gasteiger partial charge < -0.3 is 10.2 Å². The van der Waals surface area contributed by atoms with Crippen LogP contribution in [0.4, 0.5) is 11.4 Å². The molecule has 1 N–H and O–H groups in total. The number of nitrogens with one attached hydrogen (secondary N) is 1. The number of rotatable bonds is 2. The SMILES string of the molecule is CCC1CCN2c3cccc(S(C)(=O)=O)c3NCC2C1. The molecule has 110 valence electrons. The number of benzene rings is 1. The molecule has 1 aromatic rings. The first-order valence-corrected chi connectivity index (χ1v) is 9.23. The van der Waals surface area contributed by atoms with Gasteiger partial charge in [0.25, 0.3) is 0 Å². The zero-order valence-corrected chi connectivity index (χ0v) is 12.9. The number of fused-ring (bicyclic) bond motifs is 3. The lowest BCUT2D eigenvalue weighted by atomic mass is 9.87. The summed E-state index contributed by atoms with van der Waals surface area (Å²) >= 11 is 0. The highest BCUT2D eigenvalue weighted by atomic mass is 32.2. The average Bonchev–Trinajstić information content (AvgIpc) is 2.44. The Hall–Kier alpha value is -1.23. The molecule has 5 heteroatoms. The minimum atomic E-state index is -3.19. The van der Waals surface area contributed by atoms with E-state index in [-0.39, 0.29) is 0 Å². The van der Waals surface area contributed by atoms with Gasteiger partial charge in [-0.05, 0) is 30.9 Å². The third-order valence-corrected chi connectivity index (χ3v) is 5.77. The molecule has 0 bridgehead atoms. The Labute approximate surface area is 121 Å². The molecule has 1 aromatic carbocycles. The summed E-state index contributed by atoms with van der Waals surface area (Å²) in [6.07, 6.45) is 4.92. The van der Waals surface area contributed by atoms with E-state index in [2.05, 4.69) is 17.1 Å². The van der Waals surface area contributed by atoms with Crippen molar-refractivity contribution in [2.24, 2.45) is 5.92 Å². The second-order valence-electron chi connectivity index (χ2n) is 5.95. The second kappa shape index (κ2) is 4.95. The topological polar surface area (TPSA) is 49.4 Å². The molecule has 2 unspecified atom stereocenters. The quantitative estimate of drug-likeness (QED) is 0.910. The van der Waals surface area contributed by atoms with Gasteiger partial charge in [-0.15, -0.1) is 0 Å². The highest BCUT2D eigenvalue weighted by Crippen LogP contribution is 2.40. The molecule has 2 aliphatic heterocycles. The first-order valence-electron chi connectivity index (χ1n) is 7.34. The molecule has 0 aromatic heterocycles. The Morgan fingerprint density at radius 2 is 2.20 bits per heavy atom. The summed E-state index contributed by atoms with van der Waals surface area (Å²) in [7, 11) is -3.19. The minimum Gasteiger partial charge on any atom is -0.380 e. The number of sulfone groups is 1. The number of anilines is 2. The van der Waals surface area contributed by atoms with Crippen molar-refractivity contribution in [2.45, 2.75) is 37.1 Å². The van der Waals surface area contributed by atoms with Gasteiger partial charge in [-0.3, -0.25) is 0 Å². The van der Waals surface area contributed by atoms with Gasteiger partial charge in [-0.25, -0.2) is 8.42 Å². The van der Waals surface area contributed by atoms with Crippen LogP contribution < -0.4 is 10.2 Å². The third kappa shape index (κ3) is 2.28. The standard InChI is InChI=1S/C15H22N2O2S/c1-3-11-7-8-17-12(9-11)10-16-15-13(17)5-4-6-14(15)20(2,18)19/h4-6,11-12,16H,3,7-10H2,1-2H3. The van der Waals surface area contributed by atoms with Gasteiger partial charge in [0, 0.05) is 25.4 Å². The summed E-state index contributed by atoms with van der Waals surface area (Å²) in [4.78, 5) is 2.82.